The van der Waals surface area contributed by atoms with Gasteiger partial charge in [-0.3, -0.25) is 0 Å². The Balaban J connectivity index is 1.66. The van der Waals surface area contributed by atoms with E-state index >= 15 is 0 Å². The summed E-state index contributed by atoms with van der Waals surface area (Å²) in [6.07, 6.45) is 1.28. The molecule has 1 saturated heterocycles. The highest BCUT2D eigenvalue weighted by Crippen LogP contribution is 2.31. The second-order valence-corrected chi connectivity index (χ2v) is 7.11. The maximum atomic E-state index is 6.02. The Kier molecular flexibility index (Phi) is 5.53. The largest absolute Gasteiger partial charge is 0.316 e. The zero-order valence-electron chi connectivity index (χ0n) is 12.4. The van der Waals surface area contributed by atoms with Gasteiger partial charge in [-0.2, -0.15) is 0 Å². The molecule has 1 heterocycles. The predicted molar refractivity (Wildman–Crippen MR) is 97.3 cm³/mol. The first kappa shape index (κ1) is 16.0. The summed E-state index contributed by atoms with van der Waals surface area (Å²) in [6, 6.07) is 14.6. The molecule has 0 radical (unpaired) electrons. The van der Waals surface area contributed by atoms with Crippen molar-refractivity contribution in [2.75, 3.05) is 19.6 Å². The maximum Gasteiger partial charge on any atom is 0.0417 e. The van der Waals surface area contributed by atoms with E-state index in [1.165, 1.54) is 23.1 Å². The van der Waals surface area contributed by atoms with E-state index in [9.17, 15) is 0 Å². The Morgan fingerprint density at radius 3 is 2.91 bits per heavy atom. The van der Waals surface area contributed by atoms with Gasteiger partial charge in [-0.25, -0.2) is 0 Å². The lowest BCUT2D eigenvalue weighted by Gasteiger charge is -2.11. The lowest BCUT2D eigenvalue weighted by Crippen LogP contribution is -2.24. The molecule has 0 bridgehead atoms. The molecule has 1 aliphatic heterocycles. The molecule has 2 N–H and O–H groups in total. The Labute approximate surface area is 145 Å². The van der Waals surface area contributed by atoms with E-state index in [2.05, 4.69) is 56.9 Å². The van der Waals surface area contributed by atoms with Gasteiger partial charge in [0.1, 0.15) is 0 Å². The summed E-state index contributed by atoms with van der Waals surface area (Å²) in [4.78, 5) is 0. The number of hydrogen-bond donors (Lipinski definition) is 2. The van der Waals surface area contributed by atoms with Crippen LogP contribution in [0.2, 0.25) is 5.02 Å². The van der Waals surface area contributed by atoms with Gasteiger partial charge in [-0.05, 0) is 66.9 Å². The molecule has 22 heavy (non-hydrogen) atoms. The molecule has 4 heteroatoms. The maximum absolute atomic E-state index is 6.02. The Morgan fingerprint density at radius 1 is 1.23 bits per heavy atom. The smallest absolute Gasteiger partial charge is 0.0417 e. The van der Waals surface area contributed by atoms with Crippen molar-refractivity contribution in [2.45, 2.75) is 13.0 Å². The third kappa shape index (κ3) is 4.11. The van der Waals surface area contributed by atoms with E-state index in [0.717, 1.165) is 41.6 Å². The standard InChI is InChI=1S/C18H20BrClN2/c19-18-9-16(20)4-5-17(18)15-3-1-2-13(8-15)10-22-12-14-6-7-21-11-14/h1-5,8-9,14,21-22H,6-7,10-12H2. The van der Waals surface area contributed by atoms with Gasteiger partial charge in [-0.1, -0.05) is 51.8 Å². The summed E-state index contributed by atoms with van der Waals surface area (Å²) in [7, 11) is 0. The van der Waals surface area contributed by atoms with Crippen LogP contribution in [0.1, 0.15) is 12.0 Å². The molecule has 1 fully saturated rings. The molecular formula is C18H20BrClN2. The van der Waals surface area contributed by atoms with Crippen LogP contribution in [0.3, 0.4) is 0 Å². The molecule has 0 saturated carbocycles. The highest BCUT2D eigenvalue weighted by Gasteiger charge is 2.13. The molecule has 1 aliphatic rings. The molecule has 116 valence electrons. The third-order valence-corrected chi connectivity index (χ3v) is 4.98. The van der Waals surface area contributed by atoms with Gasteiger partial charge < -0.3 is 10.6 Å². The van der Waals surface area contributed by atoms with Gasteiger partial charge in [0, 0.05) is 16.0 Å². The van der Waals surface area contributed by atoms with E-state index in [-0.39, 0.29) is 0 Å². The van der Waals surface area contributed by atoms with Gasteiger partial charge in [-0.15, -0.1) is 0 Å². The summed E-state index contributed by atoms with van der Waals surface area (Å²) in [5, 5.41) is 7.73. The van der Waals surface area contributed by atoms with Gasteiger partial charge in [0.05, 0.1) is 0 Å². The number of hydrogen-bond acceptors (Lipinski definition) is 2. The Morgan fingerprint density at radius 2 is 2.14 bits per heavy atom. The first-order chi connectivity index (χ1) is 10.7. The molecule has 0 spiro atoms. The van der Waals surface area contributed by atoms with Crippen LogP contribution < -0.4 is 10.6 Å². The summed E-state index contributed by atoms with van der Waals surface area (Å²) in [6.45, 7) is 4.30. The van der Waals surface area contributed by atoms with Gasteiger partial charge in [0.25, 0.3) is 0 Å². The quantitative estimate of drug-likeness (QED) is 0.801. The fourth-order valence-electron chi connectivity index (χ4n) is 2.88. The second kappa shape index (κ2) is 7.60. The molecule has 0 aromatic heterocycles. The van der Waals surface area contributed by atoms with Gasteiger partial charge >= 0.3 is 0 Å². The van der Waals surface area contributed by atoms with E-state index in [4.69, 9.17) is 11.6 Å². The molecule has 3 rings (SSSR count). The average Bonchev–Trinajstić information content (AvgIpc) is 3.01. The second-order valence-electron chi connectivity index (χ2n) is 5.81. The van der Waals surface area contributed by atoms with E-state index in [1.54, 1.807) is 0 Å². The molecule has 1 atom stereocenters. The van der Waals surface area contributed by atoms with Crippen molar-refractivity contribution in [3.8, 4) is 11.1 Å². The van der Waals surface area contributed by atoms with Crippen LogP contribution in [-0.2, 0) is 6.54 Å². The van der Waals surface area contributed by atoms with Crippen LogP contribution in [0, 0.1) is 5.92 Å². The molecule has 2 aromatic carbocycles. The predicted octanol–water partition coefficient (Wildman–Crippen LogP) is 4.47. The lowest BCUT2D eigenvalue weighted by atomic mass is 10.0. The van der Waals surface area contributed by atoms with Crippen LogP contribution in [0.15, 0.2) is 46.9 Å². The summed E-state index contributed by atoms with van der Waals surface area (Å²) in [5.41, 5.74) is 3.70. The van der Waals surface area contributed by atoms with Crippen molar-refractivity contribution in [3.05, 3.63) is 57.5 Å². The van der Waals surface area contributed by atoms with Crippen LogP contribution >= 0.6 is 27.5 Å². The first-order valence-electron chi connectivity index (χ1n) is 7.68. The van der Waals surface area contributed by atoms with Crippen molar-refractivity contribution in [3.63, 3.8) is 0 Å². The molecule has 0 amide bonds. The lowest BCUT2D eigenvalue weighted by molar-refractivity contribution is 0.513. The minimum Gasteiger partial charge on any atom is -0.316 e. The zero-order valence-corrected chi connectivity index (χ0v) is 14.8. The molecular weight excluding hydrogens is 360 g/mol. The minimum absolute atomic E-state index is 0.749. The van der Waals surface area contributed by atoms with Crippen LogP contribution in [0.4, 0.5) is 0 Å². The molecule has 0 aliphatic carbocycles. The zero-order chi connectivity index (χ0) is 15.4. The monoisotopic (exact) mass is 378 g/mol. The Bertz CT molecular complexity index is 639. The van der Waals surface area contributed by atoms with Crippen LogP contribution in [0.5, 0.6) is 0 Å². The van der Waals surface area contributed by atoms with Gasteiger partial charge in [0.2, 0.25) is 0 Å². The Hall–Kier alpha value is -0.870. The van der Waals surface area contributed by atoms with Crippen molar-refractivity contribution in [1.29, 1.82) is 0 Å². The number of benzene rings is 2. The summed E-state index contributed by atoms with van der Waals surface area (Å²) >= 11 is 9.62. The summed E-state index contributed by atoms with van der Waals surface area (Å²) < 4.78 is 1.03. The van der Waals surface area contributed by atoms with Crippen molar-refractivity contribution >= 4 is 27.5 Å². The fraction of sp³-hybridized carbons (Fsp3) is 0.333. The fourth-order valence-corrected chi connectivity index (χ4v) is 3.79. The van der Waals surface area contributed by atoms with E-state index in [1.807, 2.05) is 12.1 Å². The topological polar surface area (TPSA) is 24.1 Å². The SMILES string of the molecule is Clc1ccc(-c2cccc(CNCC3CCNC3)c2)c(Br)c1. The van der Waals surface area contributed by atoms with Crippen LogP contribution in [-0.4, -0.2) is 19.6 Å². The number of rotatable bonds is 5. The molecule has 1 unspecified atom stereocenters. The average molecular weight is 380 g/mol. The molecule has 2 aromatic rings. The summed E-state index contributed by atoms with van der Waals surface area (Å²) in [5.74, 6) is 0.772. The number of nitrogens with one attached hydrogen (secondary N) is 2. The minimum atomic E-state index is 0.749. The van der Waals surface area contributed by atoms with Crippen LogP contribution in [0.25, 0.3) is 11.1 Å². The van der Waals surface area contributed by atoms with Crippen molar-refractivity contribution in [2.24, 2.45) is 5.92 Å². The normalized spacial score (nSPS) is 17.8. The van der Waals surface area contributed by atoms with Crippen molar-refractivity contribution in [1.82, 2.24) is 10.6 Å². The first-order valence-corrected chi connectivity index (χ1v) is 8.85. The van der Waals surface area contributed by atoms with Crippen molar-refractivity contribution < 1.29 is 0 Å². The number of halogens is 2. The van der Waals surface area contributed by atoms with E-state index in [0.29, 0.717) is 0 Å². The molecule has 2 nitrogen and oxygen atoms in total. The van der Waals surface area contributed by atoms with Gasteiger partial charge in [0.15, 0.2) is 0 Å². The third-order valence-electron chi connectivity index (χ3n) is 4.09. The highest BCUT2D eigenvalue weighted by atomic mass is 79.9. The van der Waals surface area contributed by atoms with E-state index < -0.39 is 0 Å². The highest BCUT2D eigenvalue weighted by molar-refractivity contribution is 9.10.